The summed E-state index contributed by atoms with van der Waals surface area (Å²) in [7, 11) is 0. The van der Waals surface area contributed by atoms with Crippen LogP contribution >= 0.6 is 0 Å². The first-order valence-electron chi connectivity index (χ1n) is 6.75. The van der Waals surface area contributed by atoms with Crippen LogP contribution in [0.15, 0.2) is 36.7 Å². The van der Waals surface area contributed by atoms with Gasteiger partial charge in [-0.3, -0.25) is 4.98 Å². The fourth-order valence-electron chi connectivity index (χ4n) is 2.21. The highest BCUT2D eigenvalue weighted by Gasteiger charge is 2.10. The van der Waals surface area contributed by atoms with Crippen LogP contribution in [0.3, 0.4) is 0 Å². The van der Waals surface area contributed by atoms with E-state index < -0.39 is 0 Å². The van der Waals surface area contributed by atoms with E-state index in [0.717, 1.165) is 34.5 Å². The Morgan fingerprint density at radius 2 is 2.10 bits per heavy atom. The largest absolute Gasteiger partial charge is 0.477 e. The molecular formula is C16H15FN2O. The SMILES string of the molecule is CCCCOc1nccc2ncc3ccc(F)cc3c12. The van der Waals surface area contributed by atoms with Gasteiger partial charge in [-0.1, -0.05) is 13.3 Å². The second-order valence-corrected chi connectivity index (χ2v) is 4.70. The topological polar surface area (TPSA) is 35.0 Å². The number of aromatic nitrogens is 2. The Bertz CT molecular complexity index is 758. The van der Waals surface area contributed by atoms with Gasteiger partial charge in [0, 0.05) is 23.2 Å². The van der Waals surface area contributed by atoms with Crippen LogP contribution in [0, 0.1) is 5.82 Å². The third-order valence-electron chi connectivity index (χ3n) is 3.26. The molecule has 0 atom stereocenters. The van der Waals surface area contributed by atoms with Gasteiger partial charge in [-0.05, 0) is 30.7 Å². The third kappa shape index (κ3) is 2.29. The van der Waals surface area contributed by atoms with Crippen molar-refractivity contribution in [2.24, 2.45) is 0 Å². The van der Waals surface area contributed by atoms with Crippen molar-refractivity contribution in [1.82, 2.24) is 9.97 Å². The molecule has 0 bridgehead atoms. The smallest absolute Gasteiger partial charge is 0.223 e. The van der Waals surface area contributed by atoms with Gasteiger partial charge in [0.1, 0.15) is 5.82 Å². The van der Waals surface area contributed by atoms with E-state index in [2.05, 4.69) is 16.9 Å². The lowest BCUT2D eigenvalue weighted by molar-refractivity contribution is 0.302. The van der Waals surface area contributed by atoms with Gasteiger partial charge in [0.25, 0.3) is 0 Å². The summed E-state index contributed by atoms with van der Waals surface area (Å²) in [6.45, 7) is 2.71. The van der Waals surface area contributed by atoms with Gasteiger partial charge in [0.2, 0.25) is 5.88 Å². The first-order chi connectivity index (χ1) is 9.79. The summed E-state index contributed by atoms with van der Waals surface area (Å²) in [4.78, 5) is 8.66. The summed E-state index contributed by atoms with van der Waals surface area (Å²) in [6.07, 6.45) is 5.43. The van der Waals surface area contributed by atoms with E-state index in [9.17, 15) is 4.39 Å². The summed E-state index contributed by atoms with van der Waals surface area (Å²) in [5, 5.41) is 2.45. The molecule has 0 saturated carbocycles. The van der Waals surface area contributed by atoms with E-state index in [-0.39, 0.29) is 5.82 Å². The zero-order valence-corrected chi connectivity index (χ0v) is 11.3. The summed E-state index contributed by atoms with van der Waals surface area (Å²) in [5.74, 6) is 0.257. The molecule has 1 aromatic carbocycles. The minimum Gasteiger partial charge on any atom is -0.477 e. The molecule has 0 amide bonds. The van der Waals surface area contributed by atoms with Gasteiger partial charge in [0.15, 0.2) is 0 Å². The molecule has 2 heterocycles. The first-order valence-corrected chi connectivity index (χ1v) is 6.75. The Kier molecular flexibility index (Phi) is 3.46. The van der Waals surface area contributed by atoms with Crippen molar-refractivity contribution in [2.45, 2.75) is 19.8 Å². The number of hydrogen-bond acceptors (Lipinski definition) is 3. The Labute approximate surface area is 116 Å². The number of benzene rings is 1. The number of halogens is 1. The quantitative estimate of drug-likeness (QED) is 0.529. The summed E-state index contributed by atoms with van der Waals surface area (Å²) < 4.78 is 19.3. The number of hydrogen-bond donors (Lipinski definition) is 0. The van der Waals surface area contributed by atoms with Gasteiger partial charge < -0.3 is 4.74 Å². The molecule has 0 radical (unpaired) electrons. The van der Waals surface area contributed by atoms with Crippen LogP contribution in [0.1, 0.15) is 19.8 Å². The molecule has 0 aliphatic carbocycles. The van der Waals surface area contributed by atoms with Crippen LogP contribution < -0.4 is 4.74 Å². The van der Waals surface area contributed by atoms with E-state index in [1.807, 2.05) is 6.07 Å². The summed E-state index contributed by atoms with van der Waals surface area (Å²) >= 11 is 0. The Balaban J connectivity index is 2.21. The first kappa shape index (κ1) is 12.8. The molecule has 2 aromatic heterocycles. The predicted molar refractivity (Wildman–Crippen MR) is 77.4 cm³/mol. The molecule has 0 N–H and O–H groups in total. The van der Waals surface area contributed by atoms with Crippen LogP contribution in [0.5, 0.6) is 5.88 Å². The van der Waals surface area contributed by atoms with Crippen molar-refractivity contribution in [3.8, 4) is 5.88 Å². The number of unbranched alkanes of at least 4 members (excludes halogenated alkanes) is 1. The maximum atomic E-state index is 13.5. The monoisotopic (exact) mass is 270 g/mol. The fraction of sp³-hybridized carbons (Fsp3) is 0.250. The van der Waals surface area contributed by atoms with E-state index >= 15 is 0 Å². The highest BCUT2D eigenvalue weighted by molar-refractivity contribution is 6.07. The zero-order chi connectivity index (χ0) is 13.9. The second kappa shape index (κ2) is 5.41. The van der Waals surface area contributed by atoms with Crippen LogP contribution in [-0.4, -0.2) is 16.6 Å². The fourth-order valence-corrected chi connectivity index (χ4v) is 2.21. The zero-order valence-electron chi connectivity index (χ0n) is 11.3. The standard InChI is InChI=1S/C16H15FN2O/c1-2-3-8-20-16-15-13-9-12(17)5-4-11(13)10-19-14(15)6-7-18-16/h4-7,9-10H,2-3,8H2,1H3. The summed E-state index contributed by atoms with van der Waals surface area (Å²) in [5.41, 5.74) is 0.768. The van der Waals surface area contributed by atoms with Gasteiger partial charge >= 0.3 is 0 Å². The number of pyridine rings is 2. The van der Waals surface area contributed by atoms with Crippen LogP contribution in [-0.2, 0) is 0 Å². The molecule has 3 nitrogen and oxygen atoms in total. The van der Waals surface area contributed by atoms with Crippen molar-refractivity contribution >= 4 is 21.7 Å². The molecule has 0 fully saturated rings. The van der Waals surface area contributed by atoms with Crippen LogP contribution in [0.4, 0.5) is 4.39 Å². The van der Waals surface area contributed by atoms with E-state index in [0.29, 0.717) is 12.5 Å². The molecule has 4 heteroatoms. The molecule has 0 aliphatic heterocycles. The number of rotatable bonds is 4. The normalized spacial score (nSPS) is 11.1. The van der Waals surface area contributed by atoms with Gasteiger partial charge in [-0.15, -0.1) is 0 Å². The Morgan fingerprint density at radius 3 is 2.95 bits per heavy atom. The maximum Gasteiger partial charge on any atom is 0.223 e. The van der Waals surface area contributed by atoms with E-state index in [1.165, 1.54) is 12.1 Å². The summed E-state index contributed by atoms with van der Waals surface area (Å²) in [6, 6.07) is 6.48. The van der Waals surface area contributed by atoms with Crippen molar-refractivity contribution in [3.05, 3.63) is 42.5 Å². The van der Waals surface area contributed by atoms with Crippen molar-refractivity contribution < 1.29 is 9.13 Å². The number of ether oxygens (including phenoxy) is 1. The minimum absolute atomic E-state index is 0.270. The molecule has 20 heavy (non-hydrogen) atoms. The number of nitrogens with zero attached hydrogens (tertiary/aromatic N) is 2. The lowest BCUT2D eigenvalue weighted by atomic mass is 10.1. The molecule has 0 aliphatic rings. The van der Waals surface area contributed by atoms with Gasteiger partial charge in [-0.2, -0.15) is 0 Å². The van der Waals surface area contributed by atoms with Gasteiger partial charge in [-0.25, -0.2) is 9.37 Å². The van der Waals surface area contributed by atoms with Crippen molar-refractivity contribution in [1.29, 1.82) is 0 Å². The third-order valence-corrected chi connectivity index (χ3v) is 3.26. The molecule has 102 valence electrons. The molecule has 0 spiro atoms. The molecule has 0 unspecified atom stereocenters. The van der Waals surface area contributed by atoms with Crippen molar-refractivity contribution in [3.63, 3.8) is 0 Å². The average molecular weight is 270 g/mol. The predicted octanol–water partition coefficient (Wildman–Crippen LogP) is 4.10. The van der Waals surface area contributed by atoms with Crippen molar-refractivity contribution in [2.75, 3.05) is 6.61 Å². The van der Waals surface area contributed by atoms with E-state index in [4.69, 9.17) is 4.74 Å². The molecule has 3 aromatic rings. The highest BCUT2D eigenvalue weighted by Crippen LogP contribution is 2.30. The molecule has 0 saturated heterocycles. The molecular weight excluding hydrogens is 255 g/mol. The van der Waals surface area contributed by atoms with Gasteiger partial charge in [0.05, 0.1) is 17.5 Å². The second-order valence-electron chi connectivity index (χ2n) is 4.70. The number of fused-ring (bicyclic) bond motifs is 3. The van der Waals surface area contributed by atoms with E-state index in [1.54, 1.807) is 18.5 Å². The van der Waals surface area contributed by atoms with Crippen LogP contribution in [0.2, 0.25) is 0 Å². The molecule has 3 rings (SSSR count). The lowest BCUT2D eigenvalue weighted by Crippen LogP contribution is -1.99. The lowest BCUT2D eigenvalue weighted by Gasteiger charge is -2.09. The Hall–Kier alpha value is -2.23. The highest BCUT2D eigenvalue weighted by atomic mass is 19.1. The minimum atomic E-state index is -0.270. The Morgan fingerprint density at radius 1 is 1.20 bits per heavy atom. The maximum absolute atomic E-state index is 13.5. The average Bonchev–Trinajstić information content (AvgIpc) is 2.47. The van der Waals surface area contributed by atoms with Crippen LogP contribution in [0.25, 0.3) is 21.7 Å².